The van der Waals surface area contributed by atoms with Crippen molar-refractivity contribution in [2.24, 2.45) is 0 Å². The highest BCUT2D eigenvalue weighted by Crippen LogP contribution is 2.31. The Kier molecular flexibility index (Phi) is 7.83. The number of aliphatic hydroxyl groups excluding tert-OH is 1. The first-order chi connectivity index (χ1) is 17.6. The maximum absolute atomic E-state index is 10.9. The monoisotopic (exact) mass is 500 g/mol. The summed E-state index contributed by atoms with van der Waals surface area (Å²) in [5, 5.41) is 11.7. The lowest BCUT2D eigenvalue weighted by atomic mass is 9.96. The zero-order chi connectivity index (χ0) is 24.9. The van der Waals surface area contributed by atoms with Gasteiger partial charge in [-0.2, -0.15) is 0 Å². The Morgan fingerprint density at radius 3 is 2.14 bits per heavy atom. The van der Waals surface area contributed by atoms with Gasteiger partial charge < -0.3 is 15.0 Å². The maximum Gasteiger partial charge on any atom is 0.137 e. The van der Waals surface area contributed by atoms with Gasteiger partial charge in [-0.1, -0.05) is 84.4 Å². The minimum atomic E-state index is -0.581. The largest absolute Gasteiger partial charge is 0.387 e. The first-order valence-electron chi connectivity index (χ1n) is 12.7. The molecule has 2 unspecified atom stereocenters. The van der Waals surface area contributed by atoms with Crippen molar-refractivity contribution in [1.82, 2.24) is 19.8 Å². The van der Waals surface area contributed by atoms with E-state index in [1.54, 1.807) is 0 Å². The fourth-order valence-electron chi connectivity index (χ4n) is 5.11. The van der Waals surface area contributed by atoms with Gasteiger partial charge in [0, 0.05) is 49.0 Å². The van der Waals surface area contributed by atoms with Crippen molar-refractivity contribution in [3.8, 4) is 11.4 Å². The van der Waals surface area contributed by atoms with Gasteiger partial charge in [0.05, 0.1) is 17.8 Å². The summed E-state index contributed by atoms with van der Waals surface area (Å²) in [6.07, 6.45) is 0.0852. The van der Waals surface area contributed by atoms with Crippen LogP contribution >= 0.6 is 11.6 Å². The number of nitrogens with one attached hydrogen (secondary N) is 1. The molecule has 1 aromatic heterocycles. The molecule has 0 saturated carbocycles. The highest BCUT2D eigenvalue weighted by atomic mass is 35.5. The fourth-order valence-corrected chi connectivity index (χ4v) is 5.24. The highest BCUT2D eigenvalue weighted by Gasteiger charge is 2.27. The van der Waals surface area contributed by atoms with E-state index in [1.807, 2.05) is 49.4 Å². The smallest absolute Gasteiger partial charge is 0.137 e. The molecule has 0 amide bonds. The maximum atomic E-state index is 10.9. The van der Waals surface area contributed by atoms with Gasteiger partial charge in [-0.15, -0.1) is 0 Å². The van der Waals surface area contributed by atoms with Gasteiger partial charge in [-0.05, 0) is 36.6 Å². The summed E-state index contributed by atoms with van der Waals surface area (Å²) in [7, 11) is 0. The molecule has 1 aliphatic heterocycles. The van der Waals surface area contributed by atoms with Gasteiger partial charge in [0.2, 0.25) is 0 Å². The average molecular weight is 501 g/mol. The number of aryl methyl sites for hydroxylation is 1. The molecule has 0 spiro atoms. The number of piperazine rings is 1. The van der Waals surface area contributed by atoms with Gasteiger partial charge in [0.15, 0.2) is 0 Å². The van der Waals surface area contributed by atoms with E-state index in [1.165, 1.54) is 11.1 Å². The molecule has 36 heavy (non-hydrogen) atoms. The van der Waals surface area contributed by atoms with Crippen LogP contribution in [0.5, 0.6) is 0 Å². The van der Waals surface area contributed by atoms with Crippen molar-refractivity contribution in [3.05, 3.63) is 112 Å². The number of benzene rings is 3. The third-order valence-electron chi connectivity index (χ3n) is 7.08. The first kappa shape index (κ1) is 24.7. The van der Waals surface area contributed by atoms with Gasteiger partial charge in [0.25, 0.3) is 0 Å². The molecule has 0 radical (unpaired) electrons. The molecular weight excluding hydrogens is 468 g/mol. The second-order valence-electron chi connectivity index (χ2n) is 9.51. The van der Waals surface area contributed by atoms with E-state index in [4.69, 9.17) is 16.6 Å². The summed E-state index contributed by atoms with van der Waals surface area (Å²) >= 11 is 6.17. The topological polar surface area (TPSA) is 55.4 Å². The molecule has 2 heterocycles. The van der Waals surface area contributed by atoms with Crippen LogP contribution in [0.25, 0.3) is 11.4 Å². The molecule has 1 aliphatic rings. The van der Waals surface area contributed by atoms with Crippen LogP contribution in [0.4, 0.5) is 0 Å². The lowest BCUT2D eigenvalue weighted by Crippen LogP contribution is -2.48. The third-order valence-corrected chi connectivity index (χ3v) is 7.33. The lowest BCUT2D eigenvalue weighted by Gasteiger charge is -2.40. The summed E-state index contributed by atoms with van der Waals surface area (Å²) in [6.45, 7) is 6.71. The Hall–Kier alpha value is -2.96. The second-order valence-corrected chi connectivity index (χ2v) is 9.94. The van der Waals surface area contributed by atoms with Gasteiger partial charge in [-0.3, -0.25) is 4.90 Å². The normalized spacial score (nSPS) is 16.6. The quantitative estimate of drug-likeness (QED) is 0.318. The van der Waals surface area contributed by atoms with E-state index < -0.39 is 6.10 Å². The van der Waals surface area contributed by atoms with Crippen LogP contribution in [-0.2, 0) is 0 Å². The molecule has 3 aromatic carbocycles. The standard InChI is InChI=1S/C30H33ClN4O/c1-22-28(33-30(32-22)25-10-6-3-7-11-25)27(36)16-17-34-18-20-35(21-19-34)29(23-8-4-2-5-9-23)24-12-14-26(31)15-13-24/h2-15,27,29,36H,16-21H2,1H3,(H,32,33). The molecule has 186 valence electrons. The predicted molar refractivity (Wildman–Crippen MR) is 146 cm³/mol. The molecule has 0 aliphatic carbocycles. The Morgan fingerprint density at radius 1 is 0.861 bits per heavy atom. The minimum absolute atomic E-state index is 0.208. The molecular formula is C30H33ClN4O. The molecule has 5 rings (SSSR count). The molecule has 2 atom stereocenters. The Balaban J connectivity index is 1.20. The molecule has 0 bridgehead atoms. The number of nitrogens with zero attached hydrogens (tertiary/aromatic N) is 3. The van der Waals surface area contributed by atoms with Crippen LogP contribution in [0.3, 0.4) is 0 Å². The van der Waals surface area contributed by atoms with Crippen molar-refractivity contribution in [2.45, 2.75) is 25.5 Å². The van der Waals surface area contributed by atoms with Crippen molar-refractivity contribution >= 4 is 11.6 Å². The number of hydrogen-bond acceptors (Lipinski definition) is 4. The number of H-pyrrole nitrogens is 1. The summed E-state index contributed by atoms with van der Waals surface area (Å²) in [6, 6.07) is 29.2. The number of aliphatic hydroxyl groups is 1. The highest BCUT2D eigenvalue weighted by molar-refractivity contribution is 6.30. The lowest BCUT2D eigenvalue weighted by molar-refractivity contribution is 0.0875. The van der Waals surface area contributed by atoms with Crippen molar-refractivity contribution in [2.75, 3.05) is 32.7 Å². The van der Waals surface area contributed by atoms with E-state index in [0.29, 0.717) is 6.42 Å². The average Bonchev–Trinajstić information content (AvgIpc) is 3.32. The number of rotatable bonds is 8. The van der Waals surface area contributed by atoms with Crippen molar-refractivity contribution < 1.29 is 5.11 Å². The van der Waals surface area contributed by atoms with E-state index in [-0.39, 0.29) is 6.04 Å². The van der Waals surface area contributed by atoms with Crippen LogP contribution in [-0.4, -0.2) is 57.6 Å². The first-order valence-corrected chi connectivity index (χ1v) is 13.0. The summed E-state index contributed by atoms with van der Waals surface area (Å²) in [5.74, 6) is 0.810. The van der Waals surface area contributed by atoms with Crippen LogP contribution in [0.1, 0.15) is 41.1 Å². The summed E-state index contributed by atoms with van der Waals surface area (Å²) in [4.78, 5) is 13.0. The fraction of sp³-hybridized carbons (Fsp3) is 0.300. The Labute approximate surface area is 218 Å². The van der Waals surface area contributed by atoms with Gasteiger partial charge in [-0.25, -0.2) is 4.98 Å². The van der Waals surface area contributed by atoms with Crippen molar-refractivity contribution in [1.29, 1.82) is 0 Å². The Morgan fingerprint density at radius 2 is 1.47 bits per heavy atom. The van der Waals surface area contributed by atoms with E-state index in [2.05, 4.69) is 57.2 Å². The SMILES string of the molecule is Cc1[nH]c(-c2ccccc2)nc1C(O)CCN1CCN(C(c2ccccc2)c2ccc(Cl)cc2)CC1. The molecule has 1 saturated heterocycles. The second kappa shape index (κ2) is 11.4. The molecule has 4 aromatic rings. The molecule has 2 N–H and O–H groups in total. The van der Waals surface area contributed by atoms with Crippen LogP contribution in [0.2, 0.25) is 5.02 Å². The van der Waals surface area contributed by atoms with Crippen LogP contribution in [0.15, 0.2) is 84.9 Å². The number of halogens is 1. The Bertz CT molecular complexity index is 1240. The van der Waals surface area contributed by atoms with Crippen LogP contribution < -0.4 is 0 Å². The number of aromatic amines is 1. The van der Waals surface area contributed by atoms with E-state index in [0.717, 1.165) is 60.5 Å². The molecule has 5 nitrogen and oxygen atoms in total. The van der Waals surface area contributed by atoms with Gasteiger partial charge >= 0.3 is 0 Å². The number of hydrogen-bond donors (Lipinski definition) is 2. The number of imidazole rings is 1. The summed E-state index contributed by atoms with van der Waals surface area (Å²) in [5.41, 5.74) is 5.27. The molecule has 1 fully saturated rings. The molecule has 6 heteroatoms. The number of aromatic nitrogens is 2. The predicted octanol–water partition coefficient (Wildman–Crippen LogP) is 5.87. The van der Waals surface area contributed by atoms with E-state index >= 15 is 0 Å². The van der Waals surface area contributed by atoms with Gasteiger partial charge in [0.1, 0.15) is 5.82 Å². The van der Waals surface area contributed by atoms with E-state index in [9.17, 15) is 5.11 Å². The minimum Gasteiger partial charge on any atom is -0.387 e. The summed E-state index contributed by atoms with van der Waals surface area (Å²) < 4.78 is 0. The van der Waals surface area contributed by atoms with Crippen molar-refractivity contribution in [3.63, 3.8) is 0 Å². The van der Waals surface area contributed by atoms with Crippen LogP contribution in [0, 0.1) is 6.92 Å². The zero-order valence-corrected chi connectivity index (χ0v) is 21.4. The third kappa shape index (κ3) is 5.71. The zero-order valence-electron chi connectivity index (χ0n) is 20.6.